The summed E-state index contributed by atoms with van der Waals surface area (Å²) in [5, 5.41) is 7.38. The Bertz CT molecular complexity index is 764. The Morgan fingerprint density at radius 2 is 2.05 bits per heavy atom. The maximum absolute atomic E-state index is 13.3. The van der Waals surface area contributed by atoms with Crippen LogP contribution in [-0.2, 0) is 16.6 Å². The Balaban J connectivity index is 1.85. The van der Waals surface area contributed by atoms with Crippen molar-refractivity contribution < 1.29 is 18.4 Å². The van der Waals surface area contributed by atoms with E-state index in [-0.39, 0.29) is 12.1 Å². The standard InChI is InChI=1S/C13H10F2N4O2S/c1-18-6-16-17-13(18)22-10-5-11(20)19(12(10)21)7-2-3-8(14)9(15)4-7/h2-4,6,10H,5H2,1H3/t10-/m0/s1. The van der Waals surface area contributed by atoms with Crippen molar-refractivity contribution in [1.82, 2.24) is 14.8 Å². The van der Waals surface area contributed by atoms with Gasteiger partial charge in [-0.3, -0.25) is 9.59 Å². The van der Waals surface area contributed by atoms with Gasteiger partial charge < -0.3 is 4.57 Å². The molecule has 3 rings (SSSR count). The summed E-state index contributed by atoms with van der Waals surface area (Å²) in [5.74, 6) is -3.09. The zero-order chi connectivity index (χ0) is 15.9. The number of carbonyl (C=O) groups is 2. The van der Waals surface area contributed by atoms with E-state index in [4.69, 9.17) is 0 Å². The Labute approximate surface area is 128 Å². The quantitative estimate of drug-likeness (QED) is 0.801. The van der Waals surface area contributed by atoms with Crippen molar-refractivity contribution in [3.63, 3.8) is 0 Å². The molecule has 6 nitrogen and oxygen atoms in total. The number of thioether (sulfide) groups is 1. The molecule has 2 heterocycles. The minimum atomic E-state index is -1.11. The van der Waals surface area contributed by atoms with E-state index in [1.54, 1.807) is 11.6 Å². The second-order valence-electron chi connectivity index (χ2n) is 4.70. The van der Waals surface area contributed by atoms with Crippen molar-refractivity contribution in [3.8, 4) is 0 Å². The Morgan fingerprint density at radius 3 is 2.68 bits per heavy atom. The van der Waals surface area contributed by atoms with Gasteiger partial charge in [-0.1, -0.05) is 11.8 Å². The van der Waals surface area contributed by atoms with E-state index in [1.165, 1.54) is 12.4 Å². The van der Waals surface area contributed by atoms with Crippen molar-refractivity contribution in [2.75, 3.05) is 4.90 Å². The second-order valence-corrected chi connectivity index (χ2v) is 5.87. The molecular weight excluding hydrogens is 314 g/mol. The molecule has 1 fully saturated rings. The van der Waals surface area contributed by atoms with Crippen molar-refractivity contribution >= 4 is 29.3 Å². The molecule has 2 aromatic rings. The highest BCUT2D eigenvalue weighted by molar-refractivity contribution is 8.00. The number of benzene rings is 1. The summed E-state index contributed by atoms with van der Waals surface area (Å²) in [6.45, 7) is 0. The van der Waals surface area contributed by atoms with Crippen LogP contribution in [0.4, 0.5) is 14.5 Å². The third-order valence-corrected chi connectivity index (χ3v) is 4.42. The van der Waals surface area contributed by atoms with Gasteiger partial charge in [-0.05, 0) is 12.1 Å². The summed E-state index contributed by atoms with van der Waals surface area (Å²) >= 11 is 1.11. The molecule has 1 aromatic heterocycles. The summed E-state index contributed by atoms with van der Waals surface area (Å²) in [4.78, 5) is 25.3. The third-order valence-electron chi connectivity index (χ3n) is 3.18. The lowest BCUT2D eigenvalue weighted by Crippen LogP contribution is -2.31. The summed E-state index contributed by atoms with van der Waals surface area (Å²) in [7, 11) is 1.72. The Hall–Kier alpha value is -2.29. The van der Waals surface area contributed by atoms with Crippen molar-refractivity contribution in [2.45, 2.75) is 16.8 Å². The van der Waals surface area contributed by atoms with Gasteiger partial charge in [0.15, 0.2) is 16.8 Å². The molecular formula is C13H10F2N4O2S. The van der Waals surface area contributed by atoms with E-state index in [0.29, 0.717) is 5.16 Å². The van der Waals surface area contributed by atoms with E-state index < -0.39 is 28.7 Å². The van der Waals surface area contributed by atoms with Crippen LogP contribution in [0.2, 0.25) is 0 Å². The fourth-order valence-electron chi connectivity index (χ4n) is 2.10. The highest BCUT2D eigenvalue weighted by Crippen LogP contribution is 2.33. The van der Waals surface area contributed by atoms with Gasteiger partial charge in [-0.25, -0.2) is 13.7 Å². The van der Waals surface area contributed by atoms with E-state index in [0.717, 1.165) is 28.8 Å². The van der Waals surface area contributed by atoms with Gasteiger partial charge in [0.2, 0.25) is 11.8 Å². The fourth-order valence-corrected chi connectivity index (χ4v) is 3.09. The Kier molecular flexibility index (Phi) is 3.65. The predicted molar refractivity (Wildman–Crippen MR) is 74.1 cm³/mol. The molecule has 9 heteroatoms. The molecule has 1 aromatic carbocycles. The van der Waals surface area contributed by atoms with Crippen LogP contribution < -0.4 is 4.90 Å². The van der Waals surface area contributed by atoms with E-state index in [9.17, 15) is 18.4 Å². The van der Waals surface area contributed by atoms with Crippen LogP contribution >= 0.6 is 11.8 Å². The lowest BCUT2D eigenvalue weighted by atomic mass is 10.3. The van der Waals surface area contributed by atoms with Crippen LogP contribution in [0.25, 0.3) is 0 Å². The first kappa shape index (κ1) is 14.6. The maximum atomic E-state index is 13.3. The van der Waals surface area contributed by atoms with Gasteiger partial charge in [-0.15, -0.1) is 10.2 Å². The van der Waals surface area contributed by atoms with E-state index in [2.05, 4.69) is 10.2 Å². The maximum Gasteiger partial charge on any atom is 0.247 e. The van der Waals surface area contributed by atoms with Gasteiger partial charge in [0, 0.05) is 19.5 Å². The summed E-state index contributed by atoms with van der Waals surface area (Å²) in [6.07, 6.45) is 1.45. The molecule has 1 atom stereocenters. The molecule has 0 N–H and O–H groups in total. The predicted octanol–water partition coefficient (Wildman–Crippen LogP) is 1.52. The number of rotatable bonds is 3. The highest BCUT2D eigenvalue weighted by Gasteiger charge is 2.41. The third kappa shape index (κ3) is 2.47. The van der Waals surface area contributed by atoms with E-state index >= 15 is 0 Å². The molecule has 0 radical (unpaired) electrons. The number of hydrogen-bond donors (Lipinski definition) is 0. The highest BCUT2D eigenvalue weighted by atomic mass is 32.2. The van der Waals surface area contributed by atoms with Crippen molar-refractivity contribution in [2.24, 2.45) is 7.05 Å². The minimum absolute atomic E-state index is 0.0231. The molecule has 0 aliphatic carbocycles. The zero-order valence-electron chi connectivity index (χ0n) is 11.4. The number of imide groups is 1. The van der Waals surface area contributed by atoms with Gasteiger partial charge in [0.1, 0.15) is 11.6 Å². The molecule has 22 heavy (non-hydrogen) atoms. The molecule has 0 saturated carbocycles. The number of amides is 2. The molecule has 0 spiro atoms. The number of hydrogen-bond acceptors (Lipinski definition) is 5. The first-order valence-corrected chi connectivity index (χ1v) is 7.18. The first-order chi connectivity index (χ1) is 10.5. The van der Waals surface area contributed by atoms with Gasteiger partial charge in [-0.2, -0.15) is 0 Å². The second kappa shape index (κ2) is 5.48. The van der Waals surface area contributed by atoms with Crippen LogP contribution in [0.15, 0.2) is 29.7 Å². The molecule has 1 aliphatic rings. The lowest BCUT2D eigenvalue weighted by molar-refractivity contribution is -0.121. The Morgan fingerprint density at radius 1 is 1.27 bits per heavy atom. The molecule has 2 amide bonds. The van der Waals surface area contributed by atoms with Crippen LogP contribution in [-0.4, -0.2) is 31.8 Å². The van der Waals surface area contributed by atoms with Gasteiger partial charge in [0.05, 0.1) is 5.69 Å². The number of halogens is 2. The average Bonchev–Trinajstić information content (AvgIpc) is 2.99. The summed E-state index contributed by atoms with van der Waals surface area (Å²) in [5.41, 5.74) is 0.0231. The molecule has 0 unspecified atom stereocenters. The molecule has 1 saturated heterocycles. The number of aromatic nitrogens is 3. The largest absolute Gasteiger partial charge is 0.312 e. The molecule has 0 bridgehead atoms. The van der Waals surface area contributed by atoms with Gasteiger partial charge in [0.25, 0.3) is 0 Å². The number of anilines is 1. The number of aryl methyl sites for hydroxylation is 1. The number of nitrogens with zero attached hydrogens (tertiary/aromatic N) is 4. The van der Waals surface area contributed by atoms with Crippen molar-refractivity contribution in [3.05, 3.63) is 36.2 Å². The topological polar surface area (TPSA) is 68.1 Å². The molecule has 1 aliphatic heterocycles. The lowest BCUT2D eigenvalue weighted by Gasteiger charge is -2.14. The summed E-state index contributed by atoms with van der Waals surface area (Å²) in [6, 6.07) is 2.92. The fraction of sp³-hybridized carbons (Fsp3) is 0.231. The van der Waals surface area contributed by atoms with Crippen LogP contribution in [0.5, 0.6) is 0 Å². The summed E-state index contributed by atoms with van der Waals surface area (Å²) < 4.78 is 27.9. The van der Waals surface area contributed by atoms with Gasteiger partial charge >= 0.3 is 0 Å². The normalized spacial score (nSPS) is 18.3. The van der Waals surface area contributed by atoms with E-state index in [1.807, 2.05) is 0 Å². The first-order valence-electron chi connectivity index (χ1n) is 6.30. The van der Waals surface area contributed by atoms with Crippen molar-refractivity contribution in [1.29, 1.82) is 0 Å². The zero-order valence-corrected chi connectivity index (χ0v) is 12.2. The number of carbonyl (C=O) groups excluding carboxylic acids is 2. The van der Waals surface area contributed by atoms with Crippen LogP contribution in [0.1, 0.15) is 6.42 Å². The van der Waals surface area contributed by atoms with Crippen LogP contribution in [0, 0.1) is 11.6 Å². The smallest absolute Gasteiger partial charge is 0.247 e. The SMILES string of the molecule is Cn1cnnc1S[C@H]1CC(=O)N(c2ccc(F)c(F)c2)C1=O. The monoisotopic (exact) mass is 324 g/mol. The minimum Gasteiger partial charge on any atom is -0.312 e. The molecule has 114 valence electrons. The average molecular weight is 324 g/mol. The van der Waals surface area contributed by atoms with Crippen LogP contribution in [0.3, 0.4) is 0 Å².